The molecule has 64 valence electrons. The van der Waals surface area contributed by atoms with Gasteiger partial charge in [0.2, 0.25) is 0 Å². The molecule has 1 unspecified atom stereocenters. The predicted molar refractivity (Wildman–Crippen MR) is 38.0 cm³/mol. The average Bonchev–Trinajstić information content (AvgIpc) is 1.85. The molecule has 0 saturated heterocycles. The van der Waals surface area contributed by atoms with E-state index in [0.717, 1.165) is 0 Å². The van der Waals surface area contributed by atoms with E-state index < -0.39 is 17.8 Å². The largest absolute Gasteiger partial charge is 0.413 e. The molecule has 0 rings (SSSR count). The van der Waals surface area contributed by atoms with E-state index in [0.29, 0.717) is 0 Å². The second kappa shape index (κ2) is 3.57. The molecule has 0 aliphatic heterocycles. The highest BCUT2D eigenvalue weighted by atomic mass is 19.4. The lowest BCUT2D eigenvalue weighted by Gasteiger charge is -2.15. The minimum atomic E-state index is -4.39. The molecule has 0 aromatic carbocycles. The van der Waals surface area contributed by atoms with Crippen LogP contribution in [0.4, 0.5) is 13.2 Å². The van der Waals surface area contributed by atoms with E-state index in [4.69, 9.17) is 5.73 Å². The van der Waals surface area contributed by atoms with E-state index in [2.05, 4.69) is 13.2 Å². The second-order valence-electron chi connectivity index (χ2n) is 2.15. The second-order valence-corrected chi connectivity index (χ2v) is 2.15. The van der Waals surface area contributed by atoms with E-state index in [1.54, 1.807) is 0 Å². The zero-order valence-corrected chi connectivity index (χ0v) is 5.99. The van der Waals surface area contributed by atoms with Crippen molar-refractivity contribution in [2.45, 2.75) is 18.6 Å². The summed E-state index contributed by atoms with van der Waals surface area (Å²) in [7, 11) is 0. The van der Waals surface area contributed by atoms with Crippen LogP contribution in [0.15, 0.2) is 24.8 Å². The number of rotatable bonds is 3. The van der Waals surface area contributed by atoms with E-state index in [1.165, 1.54) is 6.08 Å². The molecule has 0 aliphatic carbocycles. The van der Waals surface area contributed by atoms with Crippen molar-refractivity contribution in [1.82, 2.24) is 0 Å². The van der Waals surface area contributed by atoms with E-state index >= 15 is 0 Å². The quantitative estimate of drug-likeness (QED) is 0.636. The van der Waals surface area contributed by atoms with Gasteiger partial charge in [-0.25, -0.2) is 0 Å². The first kappa shape index (κ1) is 10.2. The van der Waals surface area contributed by atoms with Gasteiger partial charge in [-0.1, -0.05) is 12.7 Å². The first-order valence-electron chi connectivity index (χ1n) is 3.02. The molecule has 1 atom stereocenters. The van der Waals surface area contributed by atoms with Gasteiger partial charge in [0, 0.05) is 11.6 Å². The molecule has 0 aliphatic rings. The van der Waals surface area contributed by atoms with Crippen LogP contribution in [-0.2, 0) is 0 Å². The van der Waals surface area contributed by atoms with Crippen LogP contribution in [0.25, 0.3) is 0 Å². The number of halogens is 3. The highest BCUT2D eigenvalue weighted by Gasteiger charge is 2.34. The topological polar surface area (TPSA) is 26.0 Å². The van der Waals surface area contributed by atoms with Crippen molar-refractivity contribution >= 4 is 0 Å². The third-order valence-corrected chi connectivity index (χ3v) is 1.23. The summed E-state index contributed by atoms with van der Waals surface area (Å²) < 4.78 is 35.4. The zero-order chi connectivity index (χ0) is 9.07. The average molecular weight is 165 g/mol. The summed E-state index contributed by atoms with van der Waals surface area (Å²) >= 11 is 0. The Balaban J connectivity index is 4.13. The third kappa shape index (κ3) is 3.23. The highest BCUT2D eigenvalue weighted by molar-refractivity contribution is 5.12. The van der Waals surface area contributed by atoms with E-state index in [1.807, 2.05) is 0 Å². The van der Waals surface area contributed by atoms with Gasteiger partial charge in [0.1, 0.15) is 0 Å². The lowest BCUT2D eigenvalue weighted by atomic mass is 10.1. The van der Waals surface area contributed by atoms with Crippen LogP contribution in [-0.4, -0.2) is 12.2 Å². The summed E-state index contributed by atoms with van der Waals surface area (Å²) in [5, 5.41) is 0. The van der Waals surface area contributed by atoms with Crippen LogP contribution in [0.1, 0.15) is 6.42 Å². The van der Waals surface area contributed by atoms with Crippen molar-refractivity contribution < 1.29 is 13.2 Å². The standard InChI is InChI=1S/C7H10F3N/c1-3-4-6(11)5(2)7(8,9)10/h3,6H,1-2,4,11H2. The van der Waals surface area contributed by atoms with Gasteiger partial charge in [-0.15, -0.1) is 6.58 Å². The minimum Gasteiger partial charge on any atom is -0.324 e. The first-order chi connectivity index (χ1) is 4.89. The predicted octanol–water partition coefficient (Wildman–Crippen LogP) is 2.01. The van der Waals surface area contributed by atoms with E-state index in [-0.39, 0.29) is 6.42 Å². The summed E-state index contributed by atoms with van der Waals surface area (Å²) in [5.41, 5.74) is 4.22. The number of alkyl halides is 3. The molecule has 0 bridgehead atoms. The van der Waals surface area contributed by atoms with Crippen molar-refractivity contribution in [3.8, 4) is 0 Å². The number of hydrogen-bond acceptors (Lipinski definition) is 1. The summed E-state index contributed by atoms with van der Waals surface area (Å²) in [6.07, 6.45) is -2.96. The van der Waals surface area contributed by atoms with Gasteiger partial charge in [-0.2, -0.15) is 13.2 Å². The molecule has 0 amide bonds. The van der Waals surface area contributed by atoms with E-state index in [9.17, 15) is 13.2 Å². The van der Waals surface area contributed by atoms with Crippen LogP contribution in [0.2, 0.25) is 0 Å². The molecule has 0 heterocycles. The Morgan fingerprint density at radius 3 is 2.27 bits per heavy atom. The third-order valence-electron chi connectivity index (χ3n) is 1.23. The molecule has 0 saturated carbocycles. The summed E-state index contributed by atoms with van der Waals surface area (Å²) in [4.78, 5) is 0. The van der Waals surface area contributed by atoms with Crippen LogP contribution in [0.5, 0.6) is 0 Å². The van der Waals surface area contributed by atoms with Gasteiger partial charge >= 0.3 is 6.18 Å². The van der Waals surface area contributed by atoms with Crippen molar-refractivity contribution in [3.63, 3.8) is 0 Å². The summed E-state index contributed by atoms with van der Waals surface area (Å²) in [5.74, 6) is 0. The maximum Gasteiger partial charge on any atom is 0.413 e. The van der Waals surface area contributed by atoms with Gasteiger partial charge in [0.15, 0.2) is 0 Å². The van der Waals surface area contributed by atoms with Crippen molar-refractivity contribution in [2.75, 3.05) is 0 Å². The molecule has 0 spiro atoms. The van der Waals surface area contributed by atoms with Crippen LogP contribution >= 0.6 is 0 Å². The SMILES string of the molecule is C=CCC(N)C(=C)C(F)(F)F. The fraction of sp³-hybridized carbons (Fsp3) is 0.429. The van der Waals surface area contributed by atoms with Gasteiger partial charge < -0.3 is 5.73 Å². The monoisotopic (exact) mass is 165 g/mol. The Labute approximate surface area is 63.4 Å². The Kier molecular flexibility index (Phi) is 3.32. The lowest BCUT2D eigenvalue weighted by molar-refractivity contribution is -0.0949. The molecule has 11 heavy (non-hydrogen) atoms. The molecule has 2 N–H and O–H groups in total. The smallest absolute Gasteiger partial charge is 0.324 e. The van der Waals surface area contributed by atoms with Crippen LogP contribution < -0.4 is 5.73 Å². The molecule has 0 radical (unpaired) electrons. The molecule has 0 fully saturated rings. The Morgan fingerprint density at radius 2 is 2.00 bits per heavy atom. The maximum absolute atomic E-state index is 11.8. The summed E-state index contributed by atoms with van der Waals surface area (Å²) in [6.45, 7) is 6.12. The summed E-state index contributed by atoms with van der Waals surface area (Å²) in [6, 6.07) is -1.06. The molecule has 0 aromatic heterocycles. The zero-order valence-electron chi connectivity index (χ0n) is 5.99. The Morgan fingerprint density at radius 1 is 1.55 bits per heavy atom. The molecular formula is C7H10F3N. The fourth-order valence-electron chi connectivity index (χ4n) is 0.532. The number of hydrogen-bond donors (Lipinski definition) is 1. The maximum atomic E-state index is 11.8. The molecular weight excluding hydrogens is 155 g/mol. The normalized spacial score (nSPS) is 14.2. The van der Waals surface area contributed by atoms with Crippen LogP contribution in [0, 0.1) is 0 Å². The Bertz CT molecular complexity index is 160. The molecule has 4 heteroatoms. The van der Waals surface area contributed by atoms with Crippen LogP contribution in [0.3, 0.4) is 0 Å². The minimum absolute atomic E-state index is 0.0956. The Hall–Kier alpha value is -0.770. The highest BCUT2D eigenvalue weighted by Crippen LogP contribution is 2.26. The van der Waals surface area contributed by atoms with Gasteiger partial charge in [-0.05, 0) is 6.42 Å². The lowest BCUT2D eigenvalue weighted by Crippen LogP contribution is -2.30. The molecule has 1 nitrogen and oxygen atoms in total. The van der Waals surface area contributed by atoms with Gasteiger partial charge in [0.05, 0.1) is 0 Å². The van der Waals surface area contributed by atoms with Crippen molar-refractivity contribution in [2.24, 2.45) is 5.73 Å². The number of nitrogens with two attached hydrogens (primary N) is 1. The van der Waals surface area contributed by atoms with Crippen molar-refractivity contribution in [3.05, 3.63) is 24.8 Å². The first-order valence-corrected chi connectivity index (χ1v) is 3.02. The van der Waals surface area contributed by atoms with Gasteiger partial charge in [-0.3, -0.25) is 0 Å². The van der Waals surface area contributed by atoms with Gasteiger partial charge in [0.25, 0.3) is 0 Å². The van der Waals surface area contributed by atoms with Crippen molar-refractivity contribution in [1.29, 1.82) is 0 Å². The molecule has 0 aromatic rings. The fourth-order valence-corrected chi connectivity index (χ4v) is 0.532.